The van der Waals surface area contributed by atoms with Crippen molar-refractivity contribution in [3.63, 3.8) is 0 Å². The van der Waals surface area contributed by atoms with E-state index >= 15 is 0 Å². The molecule has 13 heteroatoms. The quantitative estimate of drug-likeness (QED) is 0.157. The van der Waals surface area contributed by atoms with Gasteiger partial charge in [-0.3, -0.25) is 14.4 Å². The number of thiophene rings is 1. The summed E-state index contributed by atoms with van der Waals surface area (Å²) >= 11 is 1.26. The molecule has 1 aromatic carbocycles. The fraction of sp³-hybridized carbons (Fsp3) is 0.571. The number of esters is 1. The molecule has 1 aromatic heterocycles. The first-order valence-corrected chi connectivity index (χ1v) is 17.2. The van der Waals surface area contributed by atoms with Gasteiger partial charge < -0.3 is 34.8 Å². The minimum Gasteiger partial charge on any atom is -0.465 e. The van der Waals surface area contributed by atoms with Crippen LogP contribution in [0.1, 0.15) is 85.0 Å². The van der Waals surface area contributed by atoms with Gasteiger partial charge in [-0.05, 0) is 68.2 Å². The SMILES string of the molecule is COC(=O)c1cccc(CNC(=O)C[N+]2(CC(=O)Nc3c(C)csc3C(=O)NCCCN(C)C(=O)OC(C)(C)C)CCC(C)(C)CC2)c1. The van der Waals surface area contributed by atoms with Gasteiger partial charge in [-0.1, -0.05) is 26.0 Å². The van der Waals surface area contributed by atoms with Crippen molar-refractivity contribution < 1.29 is 37.9 Å². The lowest BCUT2D eigenvalue weighted by Gasteiger charge is -2.45. The summed E-state index contributed by atoms with van der Waals surface area (Å²) in [7, 11) is 2.97. The maximum Gasteiger partial charge on any atom is 0.410 e. The van der Waals surface area contributed by atoms with E-state index in [2.05, 4.69) is 29.8 Å². The van der Waals surface area contributed by atoms with Crippen LogP contribution in [0.15, 0.2) is 29.6 Å². The highest BCUT2D eigenvalue weighted by molar-refractivity contribution is 7.13. The lowest BCUT2D eigenvalue weighted by Crippen LogP contribution is -2.60. The molecule has 1 saturated heterocycles. The van der Waals surface area contributed by atoms with Crippen molar-refractivity contribution in [3.8, 4) is 0 Å². The molecule has 264 valence electrons. The van der Waals surface area contributed by atoms with E-state index in [-0.39, 0.29) is 42.8 Å². The van der Waals surface area contributed by atoms with Crippen LogP contribution >= 0.6 is 11.3 Å². The summed E-state index contributed by atoms with van der Waals surface area (Å²) in [5, 5.41) is 10.7. The van der Waals surface area contributed by atoms with Crippen molar-refractivity contribution in [3.05, 3.63) is 51.2 Å². The molecule has 12 nitrogen and oxygen atoms in total. The largest absolute Gasteiger partial charge is 0.465 e. The number of nitrogens with one attached hydrogen (secondary N) is 3. The predicted octanol–water partition coefficient (Wildman–Crippen LogP) is 4.72. The minimum absolute atomic E-state index is 0.0919. The summed E-state index contributed by atoms with van der Waals surface area (Å²) in [6.07, 6.45) is 1.84. The number of hydrogen-bond donors (Lipinski definition) is 3. The first-order chi connectivity index (χ1) is 22.4. The normalized spacial score (nSPS) is 15.2. The lowest BCUT2D eigenvalue weighted by molar-refractivity contribution is -0.920. The summed E-state index contributed by atoms with van der Waals surface area (Å²) in [4.78, 5) is 65.9. The Hall–Kier alpha value is -3.97. The second-order valence-electron chi connectivity index (χ2n) is 14.4. The van der Waals surface area contributed by atoms with E-state index < -0.39 is 17.7 Å². The molecule has 0 unspecified atom stereocenters. The Kier molecular flexibility index (Phi) is 13.2. The van der Waals surface area contributed by atoms with Gasteiger partial charge in [0.1, 0.15) is 10.5 Å². The molecule has 0 atom stereocenters. The molecule has 0 bridgehead atoms. The Morgan fingerprint density at radius 2 is 1.69 bits per heavy atom. The number of methoxy groups -OCH3 is 1. The molecular formula is C35H52N5O7S+. The van der Waals surface area contributed by atoms with E-state index in [9.17, 15) is 24.0 Å². The predicted molar refractivity (Wildman–Crippen MR) is 186 cm³/mol. The maximum atomic E-state index is 13.6. The first-order valence-electron chi connectivity index (χ1n) is 16.3. The number of rotatable bonds is 13. The third kappa shape index (κ3) is 11.6. The topological polar surface area (TPSA) is 143 Å². The van der Waals surface area contributed by atoms with Crippen LogP contribution in [0.25, 0.3) is 0 Å². The zero-order chi connectivity index (χ0) is 35.7. The summed E-state index contributed by atoms with van der Waals surface area (Å²) in [6, 6.07) is 6.91. The molecule has 1 aliphatic rings. The molecule has 4 amide bonds. The number of aryl methyl sites for hydroxylation is 1. The van der Waals surface area contributed by atoms with Crippen molar-refractivity contribution in [1.82, 2.24) is 15.5 Å². The average molecular weight is 687 g/mol. The van der Waals surface area contributed by atoms with Crippen molar-refractivity contribution in [1.29, 1.82) is 0 Å². The Bertz CT molecular complexity index is 1470. The summed E-state index contributed by atoms with van der Waals surface area (Å²) in [5.74, 6) is -1.19. The van der Waals surface area contributed by atoms with Gasteiger partial charge in [0, 0.05) is 39.5 Å². The number of piperidine rings is 1. The number of carbonyl (C=O) groups excluding carboxylic acids is 5. The number of hydrogen-bond acceptors (Lipinski definition) is 8. The summed E-state index contributed by atoms with van der Waals surface area (Å²) in [5.41, 5.74) is 1.95. The number of nitrogens with zero attached hydrogens (tertiary/aromatic N) is 2. The number of likely N-dealkylation sites (tertiary alicyclic amines) is 1. The number of benzene rings is 1. The second kappa shape index (κ2) is 16.4. The van der Waals surface area contributed by atoms with E-state index in [1.165, 1.54) is 23.3 Å². The molecular weight excluding hydrogens is 634 g/mol. The van der Waals surface area contributed by atoms with E-state index in [4.69, 9.17) is 9.47 Å². The van der Waals surface area contributed by atoms with Crippen LogP contribution in [-0.2, 0) is 25.6 Å². The molecule has 0 spiro atoms. The third-order valence-corrected chi connectivity index (χ3v) is 9.52. The molecule has 0 radical (unpaired) electrons. The average Bonchev–Trinajstić information content (AvgIpc) is 3.37. The zero-order valence-electron chi connectivity index (χ0n) is 29.6. The molecule has 1 aliphatic heterocycles. The molecule has 2 aromatic rings. The number of ether oxygens (including phenoxy) is 2. The van der Waals surface area contributed by atoms with Crippen LogP contribution in [0.5, 0.6) is 0 Å². The summed E-state index contributed by atoms with van der Waals surface area (Å²) in [6.45, 7) is 14.2. The highest BCUT2D eigenvalue weighted by atomic mass is 32.1. The minimum atomic E-state index is -0.586. The van der Waals surface area contributed by atoms with Gasteiger partial charge in [0.05, 0.1) is 31.5 Å². The highest BCUT2D eigenvalue weighted by Gasteiger charge is 2.40. The van der Waals surface area contributed by atoms with Gasteiger partial charge in [0.15, 0.2) is 13.1 Å². The van der Waals surface area contributed by atoms with Crippen LogP contribution in [0.2, 0.25) is 0 Å². The van der Waals surface area contributed by atoms with Gasteiger partial charge in [-0.15, -0.1) is 11.3 Å². The second-order valence-corrected chi connectivity index (χ2v) is 15.3. The number of amides is 4. The zero-order valence-corrected chi connectivity index (χ0v) is 30.4. The van der Waals surface area contributed by atoms with Crippen molar-refractivity contribution >= 4 is 46.8 Å². The number of anilines is 1. The van der Waals surface area contributed by atoms with Crippen molar-refractivity contribution in [2.24, 2.45) is 5.41 Å². The molecule has 2 heterocycles. The lowest BCUT2D eigenvalue weighted by atomic mass is 9.81. The van der Waals surface area contributed by atoms with E-state index in [0.717, 1.165) is 24.0 Å². The fourth-order valence-corrected chi connectivity index (χ4v) is 6.38. The first kappa shape index (κ1) is 38.5. The Morgan fingerprint density at radius 3 is 2.33 bits per heavy atom. The Morgan fingerprint density at radius 1 is 1.02 bits per heavy atom. The van der Waals surface area contributed by atoms with E-state index in [1.807, 2.05) is 39.1 Å². The van der Waals surface area contributed by atoms with Crippen molar-refractivity contribution in [2.45, 2.75) is 73.0 Å². The molecule has 3 rings (SSSR count). The monoisotopic (exact) mass is 686 g/mol. The van der Waals surface area contributed by atoms with Gasteiger partial charge in [0.2, 0.25) is 0 Å². The van der Waals surface area contributed by atoms with Crippen LogP contribution in [-0.4, -0.2) is 98.2 Å². The molecule has 3 N–H and O–H groups in total. The fourth-order valence-electron chi connectivity index (χ4n) is 5.46. The molecule has 1 fully saturated rings. The van der Waals surface area contributed by atoms with Gasteiger partial charge in [-0.2, -0.15) is 0 Å². The van der Waals surface area contributed by atoms with E-state index in [1.54, 1.807) is 25.2 Å². The van der Waals surface area contributed by atoms with E-state index in [0.29, 0.717) is 53.2 Å². The van der Waals surface area contributed by atoms with Crippen LogP contribution in [0.4, 0.5) is 10.5 Å². The highest BCUT2D eigenvalue weighted by Crippen LogP contribution is 2.34. The van der Waals surface area contributed by atoms with Gasteiger partial charge >= 0.3 is 12.1 Å². The molecule has 0 saturated carbocycles. The third-order valence-electron chi connectivity index (χ3n) is 8.43. The van der Waals surface area contributed by atoms with Crippen LogP contribution in [0, 0.1) is 12.3 Å². The molecule has 0 aliphatic carbocycles. The van der Waals surface area contributed by atoms with Crippen LogP contribution < -0.4 is 16.0 Å². The summed E-state index contributed by atoms with van der Waals surface area (Å²) < 4.78 is 10.5. The van der Waals surface area contributed by atoms with Gasteiger partial charge in [-0.25, -0.2) is 9.59 Å². The number of carbonyl (C=O) groups is 5. The Balaban J connectivity index is 1.61. The van der Waals surface area contributed by atoms with Crippen molar-refractivity contribution in [2.75, 3.05) is 58.7 Å². The maximum absolute atomic E-state index is 13.6. The molecule has 48 heavy (non-hydrogen) atoms. The Labute approximate surface area is 288 Å². The standard InChI is InChI=1S/C35H51N5O7S/c1-24-23-48-30(31(43)36-15-10-16-39(7)33(45)47-34(2,3)4)29(24)38-28(42)22-40(17-13-35(5,6)14-18-40)21-27(41)37-20-25-11-9-12-26(19-25)32(44)46-8/h9,11-12,19,23H,10,13-18,20-22H2,1-8H3,(H2-,36,37,38,41,42,43)/p+1. The number of quaternary nitrogens is 1. The van der Waals surface area contributed by atoms with Crippen LogP contribution in [0.3, 0.4) is 0 Å². The van der Waals surface area contributed by atoms with Gasteiger partial charge in [0.25, 0.3) is 17.7 Å². The smallest absolute Gasteiger partial charge is 0.410 e.